The molecular formula is C16H27N5O7S. The van der Waals surface area contributed by atoms with Gasteiger partial charge in [0.2, 0.25) is 23.6 Å². The average Bonchev–Trinajstić information content (AvgIpc) is 3.17. The number of hydrogen-bond acceptors (Lipinski definition) is 8. The largest absolute Gasteiger partial charge is 0.480 e. The summed E-state index contributed by atoms with van der Waals surface area (Å²) in [4.78, 5) is 60.4. The van der Waals surface area contributed by atoms with Crippen molar-refractivity contribution in [2.75, 3.05) is 18.9 Å². The fourth-order valence-corrected chi connectivity index (χ4v) is 3.03. The SMILES string of the molecule is NC(=O)CCC(NC(=O)C(CO)NC(=O)C1CCCN1C(=O)C(N)CS)C(=O)O. The summed E-state index contributed by atoms with van der Waals surface area (Å²) >= 11 is 3.97. The van der Waals surface area contributed by atoms with Gasteiger partial charge in [0.1, 0.15) is 18.1 Å². The van der Waals surface area contributed by atoms with Crippen LogP contribution in [0, 0.1) is 0 Å². The van der Waals surface area contributed by atoms with Crippen molar-refractivity contribution in [1.82, 2.24) is 15.5 Å². The van der Waals surface area contributed by atoms with Gasteiger partial charge in [0.05, 0.1) is 12.6 Å². The van der Waals surface area contributed by atoms with Gasteiger partial charge >= 0.3 is 5.97 Å². The number of aliphatic hydroxyl groups is 1. The van der Waals surface area contributed by atoms with Crippen LogP contribution in [0.2, 0.25) is 0 Å². The normalized spacial score (nSPS) is 19.1. The Morgan fingerprint density at radius 3 is 2.34 bits per heavy atom. The first-order chi connectivity index (χ1) is 13.6. The van der Waals surface area contributed by atoms with E-state index in [0.717, 1.165) is 0 Å². The maximum atomic E-state index is 12.5. The van der Waals surface area contributed by atoms with E-state index in [1.54, 1.807) is 0 Å². The van der Waals surface area contributed by atoms with Crippen LogP contribution in [0.25, 0.3) is 0 Å². The smallest absolute Gasteiger partial charge is 0.326 e. The predicted octanol–water partition coefficient (Wildman–Crippen LogP) is -3.45. The van der Waals surface area contributed by atoms with Crippen molar-refractivity contribution in [3.8, 4) is 0 Å². The number of carboxylic acid groups (broad SMARTS) is 1. The molecule has 1 aliphatic rings. The topological polar surface area (TPSA) is 205 Å². The summed E-state index contributed by atoms with van der Waals surface area (Å²) in [5.74, 6) is -4.08. The van der Waals surface area contributed by atoms with Crippen LogP contribution in [0.15, 0.2) is 0 Å². The number of amides is 4. The monoisotopic (exact) mass is 433 g/mol. The molecule has 29 heavy (non-hydrogen) atoms. The van der Waals surface area contributed by atoms with Crippen LogP contribution in [0.5, 0.6) is 0 Å². The third kappa shape index (κ3) is 7.18. The van der Waals surface area contributed by atoms with E-state index in [4.69, 9.17) is 16.6 Å². The number of nitrogens with two attached hydrogens (primary N) is 2. The minimum Gasteiger partial charge on any atom is -0.480 e. The fraction of sp³-hybridized carbons (Fsp3) is 0.688. The first-order valence-corrected chi connectivity index (χ1v) is 9.65. The molecule has 0 aromatic rings. The Morgan fingerprint density at radius 2 is 1.83 bits per heavy atom. The van der Waals surface area contributed by atoms with Crippen molar-refractivity contribution in [3.05, 3.63) is 0 Å². The molecule has 1 heterocycles. The summed E-state index contributed by atoms with van der Waals surface area (Å²) in [6.07, 6.45) is 0.410. The zero-order valence-corrected chi connectivity index (χ0v) is 16.6. The van der Waals surface area contributed by atoms with Gasteiger partial charge < -0.3 is 37.2 Å². The van der Waals surface area contributed by atoms with Gasteiger partial charge in [-0.1, -0.05) is 0 Å². The van der Waals surface area contributed by atoms with Crippen molar-refractivity contribution in [3.63, 3.8) is 0 Å². The van der Waals surface area contributed by atoms with Gasteiger partial charge in [-0.25, -0.2) is 4.79 Å². The summed E-state index contributed by atoms with van der Waals surface area (Å²) in [5.41, 5.74) is 10.6. The first kappa shape index (κ1) is 24.7. The highest BCUT2D eigenvalue weighted by Crippen LogP contribution is 2.18. The quantitative estimate of drug-likeness (QED) is 0.163. The van der Waals surface area contributed by atoms with Gasteiger partial charge in [-0.05, 0) is 19.3 Å². The molecule has 0 aromatic heterocycles. The molecule has 8 N–H and O–H groups in total. The Kier molecular flexibility index (Phi) is 9.85. The number of rotatable bonds is 11. The number of carbonyl (C=O) groups excluding carboxylic acids is 4. The van der Waals surface area contributed by atoms with Crippen molar-refractivity contribution in [1.29, 1.82) is 0 Å². The summed E-state index contributed by atoms with van der Waals surface area (Å²) in [7, 11) is 0. The number of primary amides is 1. The highest BCUT2D eigenvalue weighted by Gasteiger charge is 2.37. The Morgan fingerprint density at radius 1 is 1.17 bits per heavy atom. The third-order valence-corrected chi connectivity index (χ3v) is 4.86. The molecule has 0 aromatic carbocycles. The summed E-state index contributed by atoms with van der Waals surface area (Å²) in [6.45, 7) is -0.473. The van der Waals surface area contributed by atoms with Crippen LogP contribution in [0.3, 0.4) is 0 Å². The molecule has 1 aliphatic heterocycles. The van der Waals surface area contributed by atoms with E-state index in [1.165, 1.54) is 4.90 Å². The van der Waals surface area contributed by atoms with E-state index < -0.39 is 60.4 Å². The van der Waals surface area contributed by atoms with Crippen LogP contribution < -0.4 is 22.1 Å². The lowest BCUT2D eigenvalue weighted by atomic mass is 10.1. The van der Waals surface area contributed by atoms with Gasteiger partial charge in [-0.2, -0.15) is 12.6 Å². The third-order valence-electron chi connectivity index (χ3n) is 4.46. The van der Waals surface area contributed by atoms with E-state index in [0.29, 0.717) is 19.4 Å². The van der Waals surface area contributed by atoms with Crippen LogP contribution >= 0.6 is 12.6 Å². The molecule has 1 fully saturated rings. The number of carbonyl (C=O) groups is 5. The van der Waals surface area contributed by atoms with Gasteiger partial charge in [-0.15, -0.1) is 0 Å². The molecule has 0 saturated carbocycles. The first-order valence-electron chi connectivity index (χ1n) is 9.02. The lowest BCUT2D eigenvalue weighted by molar-refractivity contribution is -0.143. The van der Waals surface area contributed by atoms with Crippen LogP contribution in [-0.4, -0.2) is 87.8 Å². The maximum absolute atomic E-state index is 12.5. The molecule has 0 aliphatic carbocycles. The number of likely N-dealkylation sites (tertiary alicyclic amines) is 1. The van der Waals surface area contributed by atoms with Crippen molar-refractivity contribution < 1.29 is 34.2 Å². The van der Waals surface area contributed by atoms with Gasteiger partial charge in [0.25, 0.3) is 0 Å². The van der Waals surface area contributed by atoms with E-state index in [-0.39, 0.29) is 18.6 Å². The fourth-order valence-electron chi connectivity index (χ4n) is 2.87. The van der Waals surface area contributed by atoms with Crippen LogP contribution in [-0.2, 0) is 24.0 Å². The van der Waals surface area contributed by atoms with E-state index in [9.17, 15) is 29.1 Å². The maximum Gasteiger partial charge on any atom is 0.326 e. The Balaban J connectivity index is 2.76. The molecule has 4 amide bonds. The number of thiol groups is 1. The number of carboxylic acids is 1. The number of nitrogens with one attached hydrogen (secondary N) is 2. The molecule has 0 spiro atoms. The zero-order chi connectivity index (χ0) is 22.1. The lowest BCUT2D eigenvalue weighted by Gasteiger charge is -2.27. The van der Waals surface area contributed by atoms with E-state index in [2.05, 4.69) is 23.3 Å². The second-order valence-corrected chi connectivity index (χ2v) is 6.99. The van der Waals surface area contributed by atoms with Crippen molar-refractivity contribution in [2.45, 2.75) is 49.9 Å². The molecular weight excluding hydrogens is 406 g/mol. The van der Waals surface area contributed by atoms with Crippen molar-refractivity contribution >= 4 is 42.2 Å². The van der Waals surface area contributed by atoms with E-state index >= 15 is 0 Å². The van der Waals surface area contributed by atoms with Crippen molar-refractivity contribution in [2.24, 2.45) is 11.5 Å². The second kappa shape index (κ2) is 11.6. The standard InChI is InChI=1S/C16H27N5O7S/c17-8(7-29)15(26)21-5-1-2-11(21)14(25)20-10(6-22)13(24)19-9(16(27)28)3-4-12(18)23/h8-11,22,29H,1-7,17H2,(H2,18,23)(H,19,24)(H,20,25)(H,27,28). The highest BCUT2D eigenvalue weighted by atomic mass is 32.1. The summed E-state index contributed by atoms with van der Waals surface area (Å²) < 4.78 is 0. The number of hydrogen-bond donors (Lipinski definition) is 7. The highest BCUT2D eigenvalue weighted by molar-refractivity contribution is 7.80. The Bertz CT molecular complexity index is 647. The average molecular weight is 433 g/mol. The van der Waals surface area contributed by atoms with Gasteiger partial charge in [0.15, 0.2) is 0 Å². The summed E-state index contributed by atoms with van der Waals surface area (Å²) in [5, 5.41) is 23.1. The van der Waals surface area contributed by atoms with Gasteiger partial charge in [0, 0.05) is 18.7 Å². The summed E-state index contributed by atoms with van der Waals surface area (Å²) in [6, 6.07) is -4.58. The molecule has 13 heteroatoms. The molecule has 164 valence electrons. The molecule has 4 unspecified atom stereocenters. The molecule has 4 atom stereocenters. The number of nitrogens with zero attached hydrogens (tertiary/aromatic N) is 1. The molecule has 1 saturated heterocycles. The Labute approximate surface area is 172 Å². The molecule has 1 rings (SSSR count). The number of aliphatic carboxylic acids is 1. The second-order valence-electron chi connectivity index (χ2n) is 6.63. The van der Waals surface area contributed by atoms with Gasteiger partial charge in [-0.3, -0.25) is 19.2 Å². The van der Waals surface area contributed by atoms with Crippen LogP contribution in [0.1, 0.15) is 25.7 Å². The Hall–Kier alpha value is -2.38. The predicted molar refractivity (Wildman–Crippen MR) is 104 cm³/mol. The minimum atomic E-state index is -1.44. The molecule has 0 bridgehead atoms. The molecule has 0 radical (unpaired) electrons. The minimum absolute atomic E-state index is 0.104. The van der Waals surface area contributed by atoms with E-state index in [1.807, 2.05) is 0 Å². The molecule has 12 nitrogen and oxygen atoms in total. The zero-order valence-electron chi connectivity index (χ0n) is 15.7. The number of aliphatic hydroxyl groups excluding tert-OH is 1. The lowest BCUT2D eigenvalue weighted by Crippen LogP contribution is -2.57. The van der Waals surface area contributed by atoms with Crippen LogP contribution in [0.4, 0.5) is 0 Å².